The second kappa shape index (κ2) is 13.3. The highest BCUT2D eigenvalue weighted by Gasteiger charge is 2.13. The van der Waals surface area contributed by atoms with Gasteiger partial charge < -0.3 is 20.1 Å². The van der Waals surface area contributed by atoms with E-state index in [0.717, 1.165) is 11.1 Å². The normalized spacial score (nSPS) is 10.5. The lowest BCUT2D eigenvalue weighted by Crippen LogP contribution is -2.32. The fourth-order valence-electron chi connectivity index (χ4n) is 3.02. The van der Waals surface area contributed by atoms with E-state index >= 15 is 0 Å². The fourth-order valence-corrected chi connectivity index (χ4v) is 3.02. The third-order valence-corrected chi connectivity index (χ3v) is 4.85. The first-order chi connectivity index (χ1) is 17.4. The van der Waals surface area contributed by atoms with Crippen LogP contribution in [0.1, 0.15) is 23.6 Å². The molecule has 9 nitrogen and oxygen atoms in total. The molecule has 0 spiro atoms. The quantitative estimate of drug-likeness (QED) is 0.230. The molecule has 0 unspecified atom stereocenters. The number of nitrogens with one attached hydrogen (secondary N) is 3. The van der Waals surface area contributed by atoms with Crippen molar-refractivity contribution in [1.82, 2.24) is 10.7 Å². The summed E-state index contributed by atoms with van der Waals surface area (Å²) in [5.41, 5.74) is 5.32. The monoisotopic (exact) mass is 488 g/mol. The van der Waals surface area contributed by atoms with Crippen LogP contribution in [0.5, 0.6) is 11.5 Å². The van der Waals surface area contributed by atoms with E-state index in [0.29, 0.717) is 35.9 Å². The van der Waals surface area contributed by atoms with Crippen LogP contribution in [0.25, 0.3) is 0 Å². The number of nitrogens with zero attached hydrogens (tertiary/aromatic N) is 1. The van der Waals surface area contributed by atoms with E-state index < -0.39 is 11.8 Å². The van der Waals surface area contributed by atoms with Crippen LogP contribution in [0, 0.1) is 6.92 Å². The van der Waals surface area contributed by atoms with Crippen LogP contribution < -0.4 is 25.5 Å². The minimum absolute atomic E-state index is 0.174. The third kappa shape index (κ3) is 8.28. The van der Waals surface area contributed by atoms with Crippen LogP contribution in [0.15, 0.2) is 77.9 Å². The van der Waals surface area contributed by atoms with Crippen molar-refractivity contribution >= 4 is 29.6 Å². The Morgan fingerprint density at radius 3 is 2.36 bits per heavy atom. The molecule has 3 rings (SSSR count). The molecule has 0 bridgehead atoms. The number of hydrogen-bond donors (Lipinski definition) is 3. The Morgan fingerprint density at radius 1 is 0.889 bits per heavy atom. The minimum atomic E-state index is -0.904. The summed E-state index contributed by atoms with van der Waals surface area (Å²) in [6.07, 6.45) is 1.37. The zero-order valence-corrected chi connectivity index (χ0v) is 20.1. The molecule has 0 atom stereocenters. The molecule has 0 fully saturated rings. The summed E-state index contributed by atoms with van der Waals surface area (Å²) in [7, 11) is 0. The van der Waals surface area contributed by atoms with Gasteiger partial charge in [-0.3, -0.25) is 14.4 Å². The molecule has 0 saturated carbocycles. The van der Waals surface area contributed by atoms with Crippen molar-refractivity contribution < 1.29 is 23.9 Å². The molecule has 0 heterocycles. The maximum absolute atomic E-state index is 12.1. The van der Waals surface area contributed by atoms with Crippen molar-refractivity contribution in [3.8, 4) is 11.5 Å². The van der Waals surface area contributed by atoms with Crippen molar-refractivity contribution in [2.24, 2.45) is 5.10 Å². The van der Waals surface area contributed by atoms with Gasteiger partial charge in [0.2, 0.25) is 0 Å². The zero-order valence-electron chi connectivity index (χ0n) is 20.1. The van der Waals surface area contributed by atoms with Gasteiger partial charge in [0.15, 0.2) is 18.1 Å². The topological polar surface area (TPSA) is 118 Å². The average Bonchev–Trinajstić information content (AvgIpc) is 2.89. The van der Waals surface area contributed by atoms with Gasteiger partial charge in [-0.2, -0.15) is 5.10 Å². The fraction of sp³-hybridized carbons (Fsp3) is 0.185. The van der Waals surface area contributed by atoms with E-state index in [2.05, 4.69) is 21.2 Å². The maximum Gasteiger partial charge on any atom is 0.329 e. The van der Waals surface area contributed by atoms with Gasteiger partial charge in [-0.1, -0.05) is 48.0 Å². The van der Waals surface area contributed by atoms with E-state index in [1.54, 1.807) is 30.3 Å². The molecule has 0 aliphatic carbocycles. The Bertz CT molecular complexity index is 1210. The van der Waals surface area contributed by atoms with E-state index in [9.17, 15) is 14.4 Å². The van der Waals surface area contributed by atoms with Gasteiger partial charge in [-0.15, -0.1) is 0 Å². The SMILES string of the molecule is CCOc1cc(C=NNC(=O)C(=O)Nc2ccc(C)cc2)ccc1OCC(=O)NCc1ccccc1. The largest absolute Gasteiger partial charge is 0.490 e. The highest BCUT2D eigenvalue weighted by Crippen LogP contribution is 2.28. The second-order valence-electron chi connectivity index (χ2n) is 7.71. The number of amides is 3. The van der Waals surface area contributed by atoms with Crippen LogP contribution in [0.4, 0.5) is 5.69 Å². The standard InChI is InChI=1S/C27H28N4O5/c1-3-35-24-15-21(17-29-31-27(34)26(33)30-22-12-9-19(2)10-13-22)11-14-23(24)36-18-25(32)28-16-20-7-5-4-6-8-20/h4-15,17H,3,16,18H2,1-2H3,(H,28,32)(H,30,33)(H,31,34). The van der Waals surface area contributed by atoms with Gasteiger partial charge in [-0.05, 0) is 55.3 Å². The third-order valence-electron chi connectivity index (χ3n) is 4.85. The first-order valence-corrected chi connectivity index (χ1v) is 11.4. The summed E-state index contributed by atoms with van der Waals surface area (Å²) in [6.45, 7) is 4.36. The summed E-state index contributed by atoms with van der Waals surface area (Å²) in [6, 6.07) is 21.6. The van der Waals surface area contributed by atoms with E-state index in [-0.39, 0.29) is 12.5 Å². The number of rotatable bonds is 10. The van der Waals surface area contributed by atoms with Gasteiger partial charge >= 0.3 is 11.8 Å². The van der Waals surface area contributed by atoms with Crippen LogP contribution in [0.2, 0.25) is 0 Å². The predicted molar refractivity (Wildman–Crippen MR) is 137 cm³/mol. The maximum atomic E-state index is 12.1. The summed E-state index contributed by atoms with van der Waals surface area (Å²) in [4.78, 5) is 36.2. The van der Waals surface area contributed by atoms with Crippen LogP contribution in [-0.4, -0.2) is 37.1 Å². The molecular weight excluding hydrogens is 460 g/mol. The van der Waals surface area contributed by atoms with Crippen LogP contribution >= 0.6 is 0 Å². The summed E-state index contributed by atoms with van der Waals surface area (Å²) >= 11 is 0. The smallest absolute Gasteiger partial charge is 0.329 e. The van der Waals surface area contributed by atoms with Crippen molar-refractivity contribution in [2.75, 3.05) is 18.5 Å². The first-order valence-electron chi connectivity index (χ1n) is 11.4. The van der Waals surface area contributed by atoms with Crippen molar-refractivity contribution in [3.63, 3.8) is 0 Å². The number of carbonyl (C=O) groups is 3. The van der Waals surface area contributed by atoms with Gasteiger partial charge in [0.1, 0.15) is 0 Å². The Kier molecular flexibility index (Phi) is 9.58. The van der Waals surface area contributed by atoms with E-state index in [1.807, 2.05) is 56.3 Å². The Labute approximate surface area is 209 Å². The minimum Gasteiger partial charge on any atom is -0.490 e. The van der Waals surface area contributed by atoms with Gasteiger partial charge in [-0.25, -0.2) is 5.43 Å². The molecule has 3 aromatic carbocycles. The summed E-state index contributed by atoms with van der Waals surface area (Å²) < 4.78 is 11.2. The molecule has 0 aromatic heterocycles. The molecule has 0 radical (unpaired) electrons. The molecule has 3 aromatic rings. The Hall–Kier alpha value is -4.66. The summed E-state index contributed by atoms with van der Waals surface area (Å²) in [5.74, 6) is -1.19. The van der Waals surface area contributed by atoms with E-state index in [4.69, 9.17) is 9.47 Å². The lowest BCUT2D eigenvalue weighted by Gasteiger charge is -2.12. The number of benzene rings is 3. The van der Waals surface area contributed by atoms with Gasteiger partial charge in [0.05, 0.1) is 12.8 Å². The number of hydrazone groups is 1. The second-order valence-corrected chi connectivity index (χ2v) is 7.71. The van der Waals surface area contributed by atoms with Crippen molar-refractivity contribution in [2.45, 2.75) is 20.4 Å². The van der Waals surface area contributed by atoms with Gasteiger partial charge in [0.25, 0.3) is 5.91 Å². The number of hydrogen-bond acceptors (Lipinski definition) is 6. The number of aryl methyl sites for hydroxylation is 1. The molecular formula is C27H28N4O5. The Balaban J connectivity index is 1.51. The van der Waals surface area contributed by atoms with Gasteiger partial charge in [0, 0.05) is 12.2 Å². The zero-order chi connectivity index (χ0) is 25.8. The van der Waals surface area contributed by atoms with Crippen LogP contribution in [-0.2, 0) is 20.9 Å². The molecule has 0 saturated heterocycles. The first kappa shape index (κ1) is 26.0. The molecule has 3 N–H and O–H groups in total. The highest BCUT2D eigenvalue weighted by molar-refractivity contribution is 6.39. The molecule has 9 heteroatoms. The number of anilines is 1. The molecule has 186 valence electrons. The number of ether oxygens (including phenoxy) is 2. The molecule has 0 aliphatic heterocycles. The van der Waals surface area contributed by atoms with Crippen LogP contribution in [0.3, 0.4) is 0 Å². The average molecular weight is 489 g/mol. The number of carbonyl (C=O) groups excluding carboxylic acids is 3. The highest BCUT2D eigenvalue weighted by atomic mass is 16.5. The lowest BCUT2D eigenvalue weighted by atomic mass is 10.2. The Morgan fingerprint density at radius 2 is 1.64 bits per heavy atom. The lowest BCUT2D eigenvalue weighted by molar-refractivity contribution is -0.136. The molecule has 36 heavy (non-hydrogen) atoms. The predicted octanol–water partition coefficient (Wildman–Crippen LogP) is 3.18. The van der Waals surface area contributed by atoms with Crippen molar-refractivity contribution in [3.05, 3.63) is 89.5 Å². The summed E-state index contributed by atoms with van der Waals surface area (Å²) in [5, 5.41) is 9.13. The van der Waals surface area contributed by atoms with Crippen molar-refractivity contribution in [1.29, 1.82) is 0 Å². The molecule has 0 aliphatic rings. The molecule has 3 amide bonds. The van der Waals surface area contributed by atoms with E-state index in [1.165, 1.54) is 6.21 Å².